The molecule has 0 spiro atoms. The van der Waals surface area contributed by atoms with Gasteiger partial charge in [-0.15, -0.1) is 0 Å². The molecule has 0 heterocycles. The average molecular weight is 358 g/mol. The SMILES string of the molecule is C=C(CCCCCCCCCCCCCCCC)c1cc(C)ccc1N. The number of anilines is 1. The van der Waals surface area contributed by atoms with Gasteiger partial charge in [-0.2, -0.15) is 0 Å². The van der Waals surface area contributed by atoms with E-state index in [9.17, 15) is 0 Å². The van der Waals surface area contributed by atoms with Crippen molar-refractivity contribution in [1.29, 1.82) is 0 Å². The van der Waals surface area contributed by atoms with Crippen LogP contribution in [0.5, 0.6) is 0 Å². The van der Waals surface area contributed by atoms with Gasteiger partial charge in [0.15, 0.2) is 0 Å². The largest absolute Gasteiger partial charge is 0.398 e. The second-order valence-corrected chi connectivity index (χ2v) is 8.04. The molecule has 0 saturated heterocycles. The van der Waals surface area contributed by atoms with Gasteiger partial charge in [0, 0.05) is 11.3 Å². The Kier molecular flexibility index (Phi) is 13.0. The molecule has 0 aliphatic rings. The molecule has 1 nitrogen and oxygen atoms in total. The molecular formula is C25H43N. The van der Waals surface area contributed by atoms with Crippen LogP contribution >= 0.6 is 0 Å². The van der Waals surface area contributed by atoms with Crippen molar-refractivity contribution in [2.24, 2.45) is 0 Å². The van der Waals surface area contributed by atoms with Crippen molar-refractivity contribution in [3.63, 3.8) is 0 Å². The van der Waals surface area contributed by atoms with Crippen molar-refractivity contribution in [1.82, 2.24) is 0 Å². The van der Waals surface area contributed by atoms with Gasteiger partial charge in [-0.3, -0.25) is 0 Å². The van der Waals surface area contributed by atoms with Gasteiger partial charge in [0.05, 0.1) is 0 Å². The minimum atomic E-state index is 0.867. The summed E-state index contributed by atoms with van der Waals surface area (Å²) in [6, 6.07) is 6.24. The Balaban J connectivity index is 1.92. The molecule has 2 N–H and O–H groups in total. The van der Waals surface area contributed by atoms with E-state index in [0.29, 0.717) is 0 Å². The second kappa shape index (κ2) is 14.9. The highest BCUT2D eigenvalue weighted by Gasteiger charge is 2.04. The topological polar surface area (TPSA) is 26.0 Å². The summed E-state index contributed by atoms with van der Waals surface area (Å²) in [5, 5.41) is 0. The summed E-state index contributed by atoms with van der Waals surface area (Å²) in [5.41, 5.74) is 10.6. The lowest BCUT2D eigenvalue weighted by Gasteiger charge is -2.10. The van der Waals surface area contributed by atoms with Crippen molar-refractivity contribution in [2.45, 2.75) is 110 Å². The van der Waals surface area contributed by atoms with Crippen LogP contribution in [0.15, 0.2) is 24.8 Å². The molecule has 0 bridgehead atoms. The molecule has 1 aromatic rings. The van der Waals surface area contributed by atoms with E-state index in [1.807, 2.05) is 6.07 Å². The molecule has 148 valence electrons. The lowest BCUT2D eigenvalue weighted by molar-refractivity contribution is 0.536. The fourth-order valence-electron chi connectivity index (χ4n) is 3.64. The molecule has 0 atom stereocenters. The molecule has 0 unspecified atom stereocenters. The zero-order valence-electron chi connectivity index (χ0n) is 17.6. The monoisotopic (exact) mass is 357 g/mol. The molecule has 0 radical (unpaired) electrons. The maximum absolute atomic E-state index is 6.08. The number of benzene rings is 1. The lowest BCUT2D eigenvalue weighted by atomic mass is 9.97. The predicted molar refractivity (Wildman–Crippen MR) is 120 cm³/mol. The number of rotatable bonds is 16. The molecule has 1 heteroatoms. The van der Waals surface area contributed by atoms with E-state index in [-0.39, 0.29) is 0 Å². The van der Waals surface area contributed by atoms with Gasteiger partial charge in [0.2, 0.25) is 0 Å². The highest BCUT2D eigenvalue weighted by molar-refractivity contribution is 5.74. The quantitative estimate of drug-likeness (QED) is 0.233. The molecule has 0 aliphatic heterocycles. The highest BCUT2D eigenvalue weighted by Crippen LogP contribution is 2.26. The van der Waals surface area contributed by atoms with E-state index >= 15 is 0 Å². The first kappa shape index (κ1) is 22.8. The molecule has 0 saturated carbocycles. The van der Waals surface area contributed by atoms with Gasteiger partial charge in [-0.1, -0.05) is 109 Å². The smallest absolute Gasteiger partial charge is 0.0390 e. The van der Waals surface area contributed by atoms with Crippen molar-refractivity contribution >= 4 is 11.3 Å². The summed E-state index contributed by atoms with van der Waals surface area (Å²) in [5.74, 6) is 0. The average Bonchev–Trinajstić information content (AvgIpc) is 2.63. The Labute approximate surface area is 163 Å². The summed E-state index contributed by atoms with van der Waals surface area (Å²) < 4.78 is 0. The van der Waals surface area contributed by atoms with Crippen LogP contribution in [0.3, 0.4) is 0 Å². The van der Waals surface area contributed by atoms with E-state index in [1.54, 1.807) is 0 Å². The lowest BCUT2D eigenvalue weighted by Crippen LogP contribution is -1.94. The van der Waals surface area contributed by atoms with Crippen LogP contribution in [0, 0.1) is 6.92 Å². The Bertz CT molecular complexity index is 489. The number of allylic oxidation sites excluding steroid dienone is 1. The Morgan fingerprint density at radius 1 is 0.769 bits per heavy atom. The van der Waals surface area contributed by atoms with Crippen LogP contribution in [0.2, 0.25) is 0 Å². The zero-order chi connectivity index (χ0) is 19.0. The van der Waals surface area contributed by atoms with Gasteiger partial charge >= 0.3 is 0 Å². The number of unbranched alkanes of at least 4 members (excludes halogenated alkanes) is 13. The van der Waals surface area contributed by atoms with Crippen LogP contribution in [-0.2, 0) is 0 Å². The van der Waals surface area contributed by atoms with Crippen LogP contribution in [0.25, 0.3) is 5.57 Å². The summed E-state index contributed by atoms with van der Waals surface area (Å²) in [4.78, 5) is 0. The zero-order valence-corrected chi connectivity index (χ0v) is 17.6. The van der Waals surface area contributed by atoms with Gasteiger partial charge in [-0.25, -0.2) is 0 Å². The Morgan fingerprint density at radius 2 is 1.23 bits per heavy atom. The third kappa shape index (κ3) is 10.7. The molecule has 0 aliphatic carbocycles. The van der Waals surface area contributed by atoms with E-state index < -0.39 is 0 Å². The standard InChI is InChI=1S/C25H43N/c1-4-5-6-7-8-9-10-11-12-13-14-15-16-17-18-23(3)24-21-22(2)19-20-25(24)26/h19-21H,3-18,26H2,1-2H3. The predicted octanol–water partition coefficient (Wildman–Crippen LogP) is 8.46. The van der Waals surface area contributed by atoms with E-state index in [4.69, 9.17) is 5.73 Å². The Hall–Kier alpha value is -1.24. The maximum Gasteiger partial charge on any atom is 0.0390 e. The van der Waals surface area contributed by atoms with E-state index in [1.165, 1.54) is 101 Å². The van der Waals surface area contributed by atoms with E-state index in [0.717, 1.165) is 17.7 Å². The van der Waals surface area contributed by atoms with Crippen molar-refractivity contribution in [3.05, 3.63) is 35.9 Å². The fraction of sp³-hybridized carbons (Fsp3) is 0.680. The third-order valence-electron chi connectivity index (χ3n) is 5.42. The van der Waals surface area contributed by atoms with Crippen LogP contribution < -0.4 is 5.73 Å². The van der Waals surface area contributed by atoms with Gasteiger partial charge in [0.25, 0.3) is 0 Å². The Morgan fingerprint density at radius 3 is 1.73 bits per heavy atom. The molecule has 0 amide bonds. The molecule has 1 aromatic carbocycles. The van der Waals surface area contributed by atoms with Gasteiger partial charge < -0.3 is 5.73 Å². The first-order valence-corrected chi connectivity index (χ1v) is 11.2. The first-order valence-electron chi connectivity index (χ1n) is 11.2. The summed E-state index contributed by atoms with van der Waals surface area (Å²) >= 11 is 0. The van der Waals surface area contributed by atoms with Gasteiger partial charge in [-0.05, 0) is 37.5 Å². The normalized spacial score (nSPS) is 11.0. The number of aryl methyl sites for hydroxylation is 1. The maximum atomic E-state index is 6.08. The van der Waals surface area contributed by atoms with Crippen molar-refractivity contribution in [2.75, 3.05) is 5.73 Å². The molecule has 0 aromatic heterocycles. The molecule has 0 fully saturated rings. The minimum Gasteiger partial charge on any atom is -0.398 e. The molecular weight excluding hydrogens is 314 g/mol. The number of nitrogen functional groups attached to an aromatic ring is 1. The number of hydrogen-bond acceptors (Lipinski definition) is 1. The third-order valence-corrected chi connectivity index (χ3v) is 5.42. The molecule has 1 rings (SSSR count). The fourth-order valence-corrected chi connectivity index (χ4v) is 3.64. The van der Waals surface area contributed by atoms with Crippen LogP contribution in [0.1, 0.15) is 114 Å². The van der Waals surface area contributed by atoms with Crippen LogP contribution in [-0.4, -0.2) is 0 Å². The van der Waals surface area contributed by atoms with Crippen molar-refractivity contribution in [3.8, 4) is 0 Å². The number of hydrogen-bond donors (Lipinski definition) is 1. The van der Waals surface area contributed by atoms with Gasteiger partial charge in [0.1, 0.15) is 0 Å². The van der Waals surface area contributed by atoms with Crippen LogP contribution in [0.4, 0.5) is 5.69 Å². The summed E-state index contributed by atoms with van der Waals surface area (Å²) in [6.07, 6.45) is 20.7. The summed E-state index contributed by atoms with van der Waals surface area (Å²) in [6.45, 7) is 8.65. The molecule has 26 heavy (non-hydrogen) atoms. The van der Waals surface area contributed by atoms with Crippen molar-refractivity contribution < 1.29 is 0 Å². The number of nitrogens with two attached hydrogens (primary N) is 1. The second-order valence-electron chi connectivity index (χ2n) is 8.04. The first-order chi connectivity index (χ1) is 12.6. The highest BCUT2D eigenvalue weighted by atomic mass is 14.6. The summed E-state index contributed by atoms with van der Waals surface area (Å²) in [7, 11) is 0. The van der Waals surface area contributed by atoms with E-state index in [2.05, 4.69) is 32.6 Å². The minimum absolute atomic E-state index is 0.867.